The Morgan fingerprint density at radius 3 is 2.42 bits per heavy atom. The molecule has 0 saturated carbocycles. The Kier molecular flexibility index (Phi) is 6.89. The fourth-order valence-corrected chi connectivity index (χ4v) is 5.22. The van der Waals surface area contributed by atoms with E-state index in [1.807, 2.05) is 38.1 Å². The normalized spacial score (nSPS) is 18.9. The van der Waals surface area contributed by atoms with Gasteiger partial charge >= 0.3 is 0 Å². The topological polar surface area (TPSA) is 75.7 Å². The molecule has 1 heterocycles. The number of carbonyl (C=O) groups is 3. The van der Waals surface area contributed by atoms with Gasteiger partial charge in [-0.1, -0.05) is 43.7 Å². The third-order valence-electron chi connectivity index (χ3n) is 7.32. The highest BCUT2D eigenvalue weighted by atomic mass is 16.5. The summed E-state index contributed by atoms with van der Waals surface area (Å²) in [4.78, 5) is 40.4. The minimum atomic E-state index is -0.324. The summed E-state index contributed by atoms with van der Waals surface area (Å²) in [6, 6.07) is 20.1. The van der Waals surface area contributed by atoms with Gasteiger partial charge in [-0.2, -0.15) is 0 Å². The highest BCUT2D eigenvalue weighted by molar-refractivity contribution is 6.22. The lowest BCUT2D eigenvalue weighted by Crippen LogP contribution is -2.31. The average molecular weight is 509 g/mol. The van der Waals surface area contributed by atoms with Crippen LogP contribution in [0.4, 0.5) is 11.4 Å². The predicted octanol–water partition coefficient (Wildman–Crippen LogP) is 7.01. The zero-order valence-corrected chi connectivity index (χ0v) is 22.2. The minimum absolute atomic E-state index is 0.185. The maximum absolute atomic E-state index is 13.1. The second-order valence-electron chi connectivity index (χ2n) is 10.5. The summed E-state index contributed by atoms with van der Waals surface area (Å²) in [7, 11) is 0. The zero-order chi connectivity index (χ0) is 27.0. The van der Waals surface area contributed by atoms with Crippen LogP contribution in [-0.4, -0.2) is 17.7 Å². The van der Waals surface area contributed by atoms with Crippen molar-refractivity contribution in [3.63, 3.8) is 0 Å². The molecular weight excluding hydrogens is 476 g/mol. The van der Waals surface area contributed by atoms with E-state index in [1.54, 1.807) is 36.4 Å². The number of rotatable bonds is 6. The number of hydrogen-bond donors (Lipinski definition) is 1. The van der Waals surface area contributed by atoms with E-state index in [0.29, 0.717) is 41.4 Å². The molecule has 5 rings (SSSR count). The van der Waals surface area contributed by atoms with Crippen molar-refractivity contribution >= 4 is 29.1 Å². The van der Waals surface area contributed by atoms with Crippen molar-refractivity contribution in [2.75, 3.05) is 10.2 Å². The van der Waals surface area contributed by atoms with Gasteiger partial charge in [0.05, 0.1) is 17.5 Å². The van der Waals surface area contributed by atoms with Crippen molar-refractivity contribution in [2.45, 2.75) is 46.5 Å². The quantitative estimate of drug-likeness (QED) is 0.287. The third-order valence-corrected chi connectivity index (χ3v) is 7.32. The first-order valence-electron chi connectivity index (χ1n) is 13.0. The van der Waals surface area contributed by atoms with Gasteiger partial charge in [0.25, 0.3) is 5.91 Å². The summed E-state index contributed by atoms with van der Waals surface area (Å²) in [5, 5.41) is 2.89. The maximum atomic E-state index is 13.1. The van der Waals surface area contributed by atoms with Crippen LogP contribution >= 0.6 is 0 Å². The molecule has 0 radical (unpaired) electrons. The molecule has 1 saturated heterocycles. The first kappa shape index (κ1) is 25.5. The van der Waals surface area contributed by atoms with Crippen LogP contribution < -0.4 is 15.0 Å². The predicted molar refractivity (Wildman–Crippen MR) is 149 cm³/mol. The smallest absolute Gasteiger partial charge is 0.255 e. The first-order chi connectivity index (χ1) is 18.2. The van der Waals surface area contributed by atoms with Crippen molar-refractivity contribution in [3.8, 4) is 11.5 Å². The Labute approximate surface area is 223 Å². The number of carbonyl (C=O) groups excluding carboxylic acids is 3. The molecule has 1 aliphatic carbocycles. The molecule has 0 aromatic heterocycles. The molecule has 38 heavy (non-hydrogen) atoms. The third kappa shape index (κ3) is 4.99. The van der Waals surface area contributed by atoms with E-state index in [2.05, 4.69) is 31.3 Å². The Morgan fingerprint density at radius 2 is 1.68 bits per heavy atom. The molecule has 1 N–H and O–H groups in total. The number of amides is 3. The lowest BCUT2D eigenvalue weighted by atomic mass is 9.82. The van der Waals surface area contributed by atoms with E-state index in [0.717, 1.165) is 22.4 Å². The van der Waals surface area contributed by atoms with Crippen molar-refractivity contribution in [3.05, 3.63) is 95.1 Å². The van der Waals surface area contributed by atoms with Gasteiger partial charge in [0, 0.05) is 11.3 Å². The monoisotopic (exact) mass is 508 g/mol. The minimum Gasteiger partial charge on any atom is -0.457 e. The van der Waals surface area contributed by atoms with E-state index in [1.165, 1.54) is 4.90 Å². The van der Waals surface area contributed by atoms with Crippen LogP contribution in [0.5, 0.6) is 11.5 Å². The van der Waals surface area contributed by atoms with E-state index >= 15 is 0 Å². The molecular formula is C32H32N2O4. The number of allylic oxidation sites excluding steroid dienone is 2. The number of benzene rings is 3. The first-order valence-corrected chi connectivity index (χ1v) is 13.0. The van der Waals surface area contributed by atoms with Crippen LogP contribution in [0.1, 0.15) is 61.0 Å². The van der Waals surface area contributed by atoms with Crippen LogP contribution in [0.3, 0.4) is 0 Å². The molecule has 0 spiro atoms. The lowest BCUT2D eigenvalue weighted by Gasteiger charge is -2.18. The number of ether oxygens (including phenoxy) is 1. The Balaban J connectivity index is 1.28. The van der Waals surface area contributed by atoms with Crippen molar-refractivity contribution in [1.29, 1.82) is 0 Å². The molecule has 2 atom stereocenters. The van der Waals surface area contributed by atoms with Crippen LogP contribution in [0.15, 0.2) is 78.4 Å². The highest BCUT2D eigenvalue weighted by Gasteiger charge is 2.48. The van der Waals surface area contributed by atoms with Gasteiger partial charge in [0.15, 0.2) is 0 Å². The summed E-state index contributed by atoms with van der Waals surface area (Å²) >= 11 is 0. The van der Waals surface area contributed by atoms with Gasteiger partial charge in [-0.05, 0) is 92.3 Å². The summed E-state index contributed by atoms with van der Waals surface area (Å²) in [5.74, 6) is 0.496. The number of aryl methyl sites for hydroxylation is 1. The molecule has 194 valence electrons. The molecule has 3 aromatic rings. The molecule has 0 unspecified atom stereocenters. The Morgan fingerprint density at radius 1 is 0.947 bits per heavy atom. The van der Waals surface area contributed by atoms with E-state index in [4.69, 9.17) is 4.74 Å². The Hall–Kier alpha value is -4.19. The fraction of sp³-hybridized carbons (Fsp3) is 0.281. The molecule has 3 aromatic carbocycles. The van der Waals surface area contributed by atoms with Crippen LogP contribution in [0.2, 0.25) is 0 Å². The van der Waals surface area contributed by atoms with Crippen molar-refractivity contribution < 1.29 is 19.1 Å². The van der Waals surface area contributed by atoms with Gasteiger partial charge in [0.2, 0.25) is 11.8 Å². The zero-order valence-electron chi connectivity index (χ0n) is 22.2. The lowest BCUT2D eigenvalue weighted by molar-refractivity contribution is -0.122. The average Bonchev–Trinajstić information content (AvgIpc) is 3.14. The number of fused-ring (bicyclic) bond motifs is 1. The summed E-state index contributed by atoms with van der Waals surface area (Å²) < 4.78 is 6.15. The summed E-state index contributed by atoms with van der Waals surface area (Å²) in [5.41, 5.74) is 4.81. The Bertz CT molecular complexity index is 1440. The second kappa shape index (κ2) is 10.3. The second-order valence-corrected chi connectivity index (χ2v) is 10.5. The van der Waals surface area contributed by atoms with Crippen LogP contribution in [0.25, 0.3) is 0 Å². The summed E-state index contributed by atoms with van der Waals surface area (Å²) in [6.07, 6.45) is 3.23. The van der Waals surface area contributed by atoms with Gasteiger partial charge < -0.3 is 10.1 Å². The molecule has 1 aliphatic heterocycles. The highest BCUT2D eigenvalue weighted by Crippen LogP contribution is 2.40. The number of imide groups is 1. The van der Waals surface area contributed by atoms with Gasteiger partial charge in [-0.25, -0.2) is 0 Å². The molecule has 6 nitrogen and oxygen atoms in total. The number of hydrogen-bond acceptors (Lipinski definition) is 4. The molecule has 0 bridgehead atoms. The molecule has 1 fully saturated rings. The maximum Gasteiger partial charge on any atom is 0.255 e. The summed E-state index contributed by atoms with van der Waals surface area (Å²) in [6.45, 7) is 8.29. The van der Waals surface area contributed by atoms with E-state index in [9.17, 15) is 14.4 Å². The van der Waals surface area contributed by atoms with E-state index in [-0.39, 0.29) is 29.6 Å². The SMILES string of the molecule is CC1=CC[C@@H]2C(=O)N(c3cccc(C(=O)Nc4ccc(Oc5cc(C)ccc5C(C)C)cc4)c3)C(=O)[C@@H]2C1. The number of nitrogens with zero attached hydrogens (tertiary/aromatic N) is 1. The number of anilines is 2. The van der Waals surface area contributed by atoms with Crippen molar-refractivity contribution in [1.82, 2.24) is 0 Å². The molecule has 3 amide bonds. The largest absolute Gasteiger partial charge is 0.457 e. The number of nitrogens with one attached hydrogen (secondary N) is 1. The van der Waals surface area contributed by atoms with E-state index < -0.39 is 0 Å². The molecule has 6 heteroatoms. The van der Waals surface area contributed by atoms with Gasteiger partial charge in [-0.3, -0.25) is 19.3 Å². The van der Waals surface area contributed by atoms with Crippen LogP contribution in [0, 0.1) is 18.8 Å². The molecule has 2 aliphatic rings. The van der Waals surface area contributed by atoms with Crippen molar-refractivity contribution in [2.24, 2.45) is 11.8 Å². The van der Waals surface area contributed by atoms with Gasteiger partial charge in [0.1, 0.15) is 11.5 Å². The standard InChI is InChI=1S/C32H32N2O4/c1-19(2)26-14-8-21(4)17-29(26)38-25-12-10-23(11-13-25)33-30(35)22-6-5-7-24(18-22)34-31(36)27-15-9-20(3)16-28(27)32(34)37/h5-14,17-19,27-28H,15-16H2,1-4H3,(H,33,35)/t27-,28+/m0/s1. The fourth-order valence-electron chi connectivity index (χ4n) is 5.22. The van der Waals surface area contributed by atoms with Crippen LogP contribution in [-0.2, 0) is 9.59 Å². The van der Waals surface area contributed by atoms with Gasteiger partial charge in [-0.15, -0.1) is 0 Å².